The minimum Gasteiger partial charge on any atom is -0.397 e. The van der Waals surface area contributed by atoms with E-state index in [2.05, 4.69) is 4.98 Å². The monoisotopic (exact) mass is 208 g/mol. The fourth-order valence-electron chi connectivity index (χ4n) is 0.888. The molecule has 0 aliphatic rings. The van der Waals surface area contributed by atoms with Crippen LogP contribution in [0.1, 0.15) is 17.7 Å². The molecule has 0 atom stereocenters. The van der Waals surface area contributed by atoms with Crippen LogP contribution >= 0.6 is 11.6 Å². The Morgan fingerprint density at radius 3 is 2.69 bits per heavy atom. The van der Waals surface area contributed by atoms with Crippen molar-refractivity contribution in [2.75, 3.05) is 5.73 Å². The van der Waals surface area contributed by atoms with Crippen LogP contribution in [0.2, 0.25) is 5.02 Å². The predicted octanol–water partition coefficient (Wildman–Crippen LogP) is 1.75. The van der Waals surface area contributed by atoms with Crippen LogP contribution in [0.15, 0.2) is 6.20 Å². The molecule has 0 bridgehead atoms. The van der Waals surface area contributed by atoms with Gasteiger partial charge in [0, 0.05) is 0 Å². The molecule has 0 saturated heterocycles. The van der Waals surface area contributed by atoms with E-state index in [1.54, 1.807) is 0 Å². The summed E-state index contributed by atoms with van der Waals surface area (Å²) in [4.78, 5) is 3.60. The standard InChI is InChI=1S/C7H7ClF2N2O/c8-6-4(2-13)12-1-3(11)5(6)7(9)10/h1,7,13H,2,11H2. The highest BCUT2D eigenvalue weighted by Crippen LogP contribution is 2.33. The molecule has 0 unspecified atom stereocenters. The van der Waals surface area contributed by atoms with E-state index in [0.29, 0.717) is 0 Å². The number of anilines is 1. The molecular weight excluding hydrogens is 202 g/mol. The highest BCUT2D eigenvalue weighted by atomic mass is 35.5. The van der Waals surface area contributed by atoms with Gasteiger partial charge in [-0.1, -0.05) is 11.6 Å². The predicted molar refractivity (Wildman–Crippen MR) is 44.5 cm³/mol. The van der Waals surface area contributed by atoms with Crippen LogP contribution in [0.3, 0.4) is 0 Å². The van der Waals surface area contributed by atoms with Gasteiger partial charge in [0.25, 0.3) is 6.43 Å². The number of rotatable bonds is 2. The summed E-state index contributed by atoms with van der Waals surface area (Å²) < 4.78 is 24.7. The van der Waals surface area contributed by atoms with Gasteiger partial charge in [0.2, 0.25) is 0 Å². The van der Waals surface area contributed by atoms with E-state index in [0.717, 1.165) is 6.20 Å². The summed E-state index contributed by atoms with van der Waals surface area (Å²) in [7, 11) is 0. The molecular formula is C7H7ClF2N2O. The van der Waals surface area contributed by atoms with Crippen LogP contribution in [-0.2, 0) is 6.61 Å². The topological polar surface area (TPSA) is 59.1 Å². The summed E-state index contributed by atoms with van der Waals surface area (Å²) in [5, 5.41) is 8.42. The van der Waals surface area contributed by atoms with E-state index in [1.165, 1.54) is 0 Å². The maximum Gasteiger partial charge on any atom is 0.267 e. The Hall–Kier alpha value is -0.940. The van der Waals surface area contributed by atoms with E-state index in [-0.39, 0.29) is 16.4 Å². The van der Waals surface area contributed by atoms with Crippen molar-refractivity contribution in [1.29, 1.82) is 0 Å². The van der Waals surface area contributed by atoms with E-state index in [9.17, 15) is 8.78 Å². The number of nitrogen functional groups attached to an aromatic ring is 1. The van der Waals surface area contributed by atoms with Crippen LogP contribution in [0, 0.1) is 0 Å². The summed E-state index contributed by atoms with van der Waals surface area (Å²) in [5.74, 6) is 0. The lowest BCUT2D eigenvalue weighted by atomic mass is 10.2. The maximum absolute atomic E-state index is 12.3. The quantitative estimate of drug-likeness (QED) is 0.779. The van der Waals surface area contributed by atoms with Crippen molar-refractivity contribution < 1.29 is 13.9 Å². The zero-order chi connectivity index (χ0) is 10.0. The third kappa shape index (κ3) is 1.87. The number of hydrogen-bond donors (Lipinski definition) is 2. The normalized spacial score (nSPS) is 10.8. The summed E-state index contributed by atoms with van der Waals surface area (Å²) >= 11 is 5.53. The molecule has 6 heteroatoms. The van der Waals surface area contributed by atoms with Crippen LogP contribution in [0.5, 0.6) is 0 Å². The number of hydrogen-bond acceptors (Lipinski definition) is 3. The van der Waals surface area contributed by atoms with Crippen LogP contribution < -0.4 is 5.73 Å². The van der Waals surface area contributed by atoms with E-state index in [1.807, 2.05) is 0 Å². The molecule has 0 fully saturated rings. The molecule has 0 aliphatic carbocycles. The first-order chi connectivity index (χ1) is 6.07. The average Bonchev–Trinajstić information content (AvgIpc) is 2.04. The van der Waals surface area contributed by atoms with Gasteiger partial charge in [0.15, 0.2) is 0 Å². The van der Waals surface area contributed by atoms with E-state index < -0.39 is 18.6 Å². The zero-order valence-corrected chi connectivity index (χ0v) is 7.22. The Kier molecular flexibility index (Phi) is 3.00. The summed E-state index contributed by atoms with van der Waals surface area (Å²) in [5.41, 5.74) is 4.60. The largest absolute Gasteiger partial charge is 0.397 e. The first kappa shape index (κ1) is 10.1. The maximum atomic E-state index is 12.3. The lowest BCUT2D eigenvalue weighted by Gasteiger charge is -2.08. The molecule has 0 spiro atoms. The SMILES string of the molecule is Nc1cnc(CO)c(Cl)c1C(F)F. The van der Waals surface area contributed by atoms with Crippen molar-refractivity contribution in [3.05, 3.63) is 22.5 Å². The van der Waals surface area contributed by atoms with Gasteiger partial charge in [0.1, 0.15) is 0 Å². The van der Waals surface area contributed by atoms with Gasteiger partial charge >= 0.3 is 0 Å². The minimum atomic E-state index is -2.76. The van der Waals surface area contributed by atoms with Crippen LogP contribution in [0.25, 0.3) is 0 Å². The second-order valence-electron chi connectivity index (χ2n) is 2.35. The molecule has 72 valence electrons. The number of aromatic nitrogens is 1. The van der Waals surface area contributed by atoms with Crippen molar-refractivity contribution in [2.45, 2.75) is 13.0 Å². The van der Waals surface area contributed by atoms with Crippen LogP contribution in [0.4, 0.5) is 14.5 Å². The lowest BCUT2D eigenvalue weighted by Crippen LogP contribution is -2.01. The smallest absolute Gasteiger partial charge is 0.267 e. The first-order valence-corrected chi connectivity index (χ1v) is 3.77. The number of aliphatic hydroxyl groups is 1. The third-order valence-corrected chi connectivity index (χ3v) is 1.95. The van der Waals surface area contributed by atoms with Gasteiger partial charge in [-0.2, -0.15) is 0 Å². The molecule has 1 heterocycles. The molecule has 0 saturated carbocycles. The van der Waals surface area contributed by atoms with E-state index >= 15 is 0 Å². The van der Waals surface area contributed by atoms with Crippen molar-refractivity contribution >= 4 is 17.3 Å². The molecule has 0 radical (unpaired) electrons. The lowest BCUT2D eigenvalue weighted by molar-refractivity contribution is 0.152. The van der Waals surface area contributed by atoms with Crippen molar-refractivity contribution in [3.63, 3.8) is 0 Å². The summed E-state index contributed by atoms with van der Waals surface area (Å²) in [6.07, 6.45) is -1.71. The summed E-state index contributed by atoms with van der Waals surface area (Å²) in [6, 6.07) is 0. The second-order valence-corrected chi connectivity index (χ2v) is 2.72. The zero-order valence-electron chi connectivity index (χ0n) is 6.47. The Labute approximate surface area is 78.1 Å². The number of nitrogens with zero attached hydrogens (tertiary/aromatic N) is 1. The molecule has 0 aromatic carbocycles. The first-order valence-electron chi connectivity index (χ1n) is 3.39. The highest BCUT2D eigenvalue weighted by molar-refractivity contribution is 6.32. The Morgan fingerprint density at radius 2 is 2.23 bits per heavy atom. The molecule has 1 aromatic rings. The summed E-state index contributed by atoms with van der Waals surface area (Å²) in [6.45, 7) is -0.487. The Bertz CT molecular complexity index is 320. The van der Waals surface area contributed by atoms with Gasteiger partial charge < -0.3 is 10.8 Å². The van der Waals surface area contributed by atoms with Crippen LogP contribution in [-0.4, -0.2) is 10.1 Å². The molecule has 0 aliphatic heterocycles. The van der Waals surface area contributed by atoms with Gasteiger partial charge in [-0.05, 0) is 0 Å². The number of aliphatic hydroxyl groups excluding tert-OH is 1. The molecule has 1 rings (SSSR count). The third-order valence-electron chi connectivity index (χ3n) is 1.53. The van der Waals surface area contributed by atoms with Crippen molar-refractivity contribution in [3.8, 4) is 0 Å². The fourth-order valence-corrected chi connectivity index (χ4v) is 1.19. The second kappa shape index (κ2) is 3.85. The molecule has 1 aromatic heterocycles. The molecule has 3 N–H and O–H groups in total. The van der Waals surface area contributed by atoms with Gasteiger partial charge in [-0.3, -0.25) is 4.98 Å². The molecule has 13 heavy (non-hydrogen) atoms. The Morgan fingerprint density at radius 1 is 1.62 bits per heavy atom. The number of alkyl halides is 2. The van der Waals surface area contributed by atoms with Gasteiger partial charge in [0.05, 0.1) is 34.8 Å². The van der Waals surface area contributed by atoms with Crippen molar-refractivity contribution in [2.24, 2.45) is 0 Å². The molecule has 3 nitrogen and oxygen atoms in total. The Balaban J connectivity index is 3.30. The number of halogens is 3. The fraction of sp³-hybridized carbons (Fsp3) is 0.286. The van der Waals surface area contributed by atoms with Gasteiger partial charge in [-0.25, -0.2) is 8.78 Å². The minimum absolute atomic E-state index is 0.00571. The average molecular weight is 209 g/mol. The highest BCUT2D eigenvalue weighted by Gasteiger charge is 2.18. The van der Waals surface area contributed by atoms with E-state index in [4.69, 9.17) is 22.4 Å². The van der Waals surface area contributed by atoms with Gasteiger partial charge in [-0.15, -0.1) is 0 Å². The number of pyridine rings is 1. The van der Waals surface area contributed by atoms with Crippen molar-refractivity contribution in [1.82, 2.24) is 4.98 Å². The number of nitrogens with two attached hydrogens (primary N) is 1. The molecule has 0 amide bonds.